The number of hydrogen-bond donors (Lipinski definition) is 2. The molecule has 0 aromatic heterocycles. The van der Waals surface area contributed by atoms with Gasteiger partial charge in [-0.1, -0.05) is 6.07 Å². The summed E-state index contributed by atoms with van der Waals surface area (Å²) in [5.74, 6) is 0.196. The van der Waals surface area contributed by atoms with E-state index in [9.17, 15) is 23.6 Å². The SMILES string of the molecule is O=[N+]([O-])c1cccc(S(=O)(=O)NCC2CCC(O)CC2)c1. The second kappa shape index (κ2) is 6.50. The Labute approximate surface area is 123 Å². The molecule has 7 nitrogen and oxygen atoms in total. The molecule has 1 aromatic rings. The first-order valence-electron chi connectivity index (χ1n) is 6.80. The number of rotatable bonds is 5. The molecule has 0 spiro atoms. The highest BCUT2D eigenvalue weighted by Crippen LogP contribution is 2.24. The zero-order chi connectivity index (χ0) is 15.5. The maximum Gasteiger partial charge on any atom is 0.270 e. The van der Waals surface area contributed by atoms with Gasteiger partial charge < -0.3 is 5.11 Å². The zero-order valence-corrected chi connectivity index (χ0v) is 12.3. The van der Waals surface area contributed by atoms with E-state index in [1.165, 1.54) is 18.2 Å². The van der Waals surface area contributed by atoms with Crippen LogP contribution in [0.1, 0.15) is 25.7 Å². The van der Waals surface area contributed by atoms with Crippen molar-refractivity contribution in [2.45, 2.75) is 36.7 Å². The fourth-order valence-electron chi connectivity index (χ4n) is 2.42. The van der Waals surface area contributed by atoms with Crippen LogP contribution in [0.2, 0.25) is 0 Å². The minimum absolute atomic E-state index is 0.104. The first-order valence-corrected chi connectivity index (χ1v) is 8.29. The number of nitro groups is 1. The Morgan fingerprint density at radius 3 is 2.57 bits per heavy atom. The van der Waals surface area contributed by atoms with Crippen LogP contribution in [0, 0.1) is 16.0 Å². The Morgan fingerprint density at radius 2 is 1.95 bits per heavy atom. The van der Waals surface area contributed by atoms with Crippen LogP contribution in [-0.2, 0) is 10.0 Å². The molecule has 21 heavy (non-hydrogen) atoms. The molecular weight excluding hydrogens is 296 g/mol. The molecule has 0 unspecified atom stereocenters. The van der Waals surface area contributed by atoms with E-state index >= 15 is 0 Å². The summed E-state index contributed by atoms with van der Waals surface area (Å²) < 4.78 is 26.8. The van der Waals surface area contributed by atoms with Crippen molar-refractivity contribution in [2.24, 2.45) is 5.92 Å². The van der Waals surface area contributed by atoms with E-state index in [-0.39, 0.29) is 29.1 Å². The van der Waals surface area contributed by atoms with Gasteiger partial charge in [-0.15, -0.1) is 0 Å². The average molecular weight is 314 g/mol. The molecule has 116 valence electrons. The number of aliphatic hydroxyl groups is 1. The summed E-state index contributed by atoms with van der Waals surface area (Å²) in [4.78, 5) is 9.96. The number of non-ortho nitro benzene ring substituents is 1. The van der Waals surface area contributed by atoms with E-state index in [0.717, 1.165) is 18.9 Å². The molecule has 8 heteroatoms. The number of benzene rings is 1. The molecule has 1 aromatic carbocycles. The van der Waals surface area contributed by atoms with Crippen LogP contribution in [0.3, 0.4) is 0 Å². The van der Waals surface area contributed by atoms with Gasteiger partial charge in [0, 0.05) is 18.7 Å². The maximum absolute atomic E-state index is 12.1. The van der Waals surface area contributed by atoms with Crippen molar-refractivity contribution in [3.63, 3.8) is 0 Å². The van der Waals surface area contributed by atoms with Gasteiger partial charge in [0.15, 0.2) is 0 Å². The molecule has 0 amide bonds. The van der Waals surface area contributed by atoms with Crippen molar-refractivity contribution in [3.8, 4) is 0 Å². The summed E-state index contributed by atoms with van der Waals surface area (Å²) in [7, 11) is -3.75. The first-order chi connectivity index (χ1) is 9.88. The van der Waals surface area contributed by atoms with Crippen LogP contribution in [0.25, 0.3) is 0 Å². The Bertz CT molecular complexity index is 609. The van der Waals surface area contributed by atoms with E-state index in [1.807, 2.05) is 0 Å². The topological polar surface area (TPSA) is 110 Å². The second-order valence-electron chi connectivity index (χ2n) is 5.28. The summed E-state index contributed by atoms with van der Waals surface area (Å²) in [6.07, 6.45) is 2.64. The molecule has 1 saturated carbocycles. The number of sulfonamides is 1. The molecule has 2 N–H and O–H groups in total. The predicted molar refractivity (Wildman–Crippen MR) is 76.2 cm³/mol. The van der Waals surface area contributed by atoms with Crippen molar-refractivity contribution in [2.75, 3.05) is 6.54 Å². The van der Waals surface area contributed by atoms with E-state index in [0.29, 0.717) is 12.8 Å². The Hall–Kier alpha value is -1.51. The van der Waals surface area contributed by atoms with Gasteiger partial charge in [-0.3, -0.25) is 10.1 Å². The third kappa shape index (κ3) is 4.23. The van der Waals surface area contributed by atoms with Gasteiger partial charge in [0.1, 0.15) is 0 Å². The molecule has 0 radical (unpaired) electrons. The van der Waals surface area contributed by atoms with Gasteiger partial charge in [0.25, 0.3) is 5.69 Å². The summed E-state index contributed by atoms with van der Waals surface area (Å²) in [6, 6.07) is 4.98. The quantitative estimate of drug-likeness (QED) is 0.631. The van der Waals surface area contributed by atoms with Crippen molar-refractivity contribution >= 4 is 15.7 Å². The molecule has 1 aliphatic carbocycles. The summed E-state index contributed by atoms with van der Waals surface area (Å²) >= 11 is 0. The molecule has 0 aliphatic heterocycles. The normalized spacial score (nSPS) is 22.9. The predicted octanol–water partition coefficient (Wildman–Crippen LogP) is 1.42. The third-order valence-electron chi connectivity index (χ3n) is 3.72. The number of nitro benzene ring substituents is 1. The molecule has 0 atom stereocenters. The number of hydrogen-bond acceptors (Lipinski definition) is 5. The minimum Gasteiger partial charge on any atom is -0.393 e. The zero-order valence-electron chi connectivity index (χ0n) is 11.4. The third-order valence-corrected chi connectivity index (χ3v) is 5.14. The standard InChI is InChI=1S/C13H18N2O5S/c16-12-6-4-10(5-7-12)9-14-21(19,20)13-3-1-2-11(8-13)15(17)18/h1-3,8,10,12,14,16H,4-7,9H2. The van der Waals surface area contributed by atoms with Gasteiger partial charge >= 0.3 is 0 Å². The van der Waals surface area contributed by atoms with Crippen LogP contribution in [0.5, 0.6) is 0 Å². The van der Waals surface area contributed by atoms with Crippen LogP contribution >= 0.6 is 0 Å². The number of nitrogens with zero attached hydrogens (tertiary/aromatic N) is 1. The van der Waals surface area contributed by atoms with Crippen LogP contribution in [-0.4, -0.2) is 31.1 Å². The van der Waals surface area contributed by atoms with Crippen LogP contribution in [0.15, 0.2) is 29.2 Å². The van der Waals surface area contributed by atoms with Crippen LogP contribution < -0.4 is 4.72 Å². The molecule has 2 rings (SSSR count). The second-order valence-corrected chi connectivity index (χ2v) is 7.05. The number of nitrogens with one attached hydrogen (secondary N) is 1. The summed E-state index contributed by atoms with van der Waals surface area (Å²) in [6.45, 7) is 0.289. The van der Waals surface area contributed by atoms with Gasteiger partial charge in [-0.25, -0.2) is 13.1 Å². The summed E-state index contributed by atoms with van der Waals surface area (Å²) in [5, 5.41) is 20.1. The first kappa shape index (κ1) is 15.9. The molecule has 1 fully saturated rings. The fraction of sp³-hybridized carbons (Fsp3) is 0.538. The van der Waals surface area contributed by atoms with Gasteiger partial charge in [0.05, 0.1) is 15.9 Å². The Kier molecular flexibility index (Phi) is 4.92. The fourth-order valence-corrected chi connectivity index (χ4v) is 3.58. The lowest BCUT2D eigenvalue weighted by molar-refractivity contribution is -0.385. The maximum atomic E-state index is 12.1. The molecule has 1 aliphatic rings. The van der Waals surface area contributed by atoms with E-state index in [4.69, 9.17) is 0 Å². The molecule has 0 saturated heterocycles. The Balaban J connectivity index is 2.01. The molecule has 0 bridgehead atoms. The Morgan fingerprint density at radius 1 is 1.29 bits per heavy atom. The average Bonchev–Trinajstić information content (AvgIpc) is 2.47. The molecular formula is C13H18N2O5S. The monoisotopic (exact) mass is 314 g/mol. The largest absolute Gasteiger partial charge is 0.393 e. The van der Waals surface area contributed by atoms with Gasteiger partial charge in [-0.05, 0) is 37.7 Å². The van der Waals surface area contributed by atoms with E-state index in [2.05, 4.69) is 4.72 Å². The molecule has 0 heterocycles. The highest BCUT2D eigenvalue weighted by molar-refractivity contribution is 7.89. The van der Waals surface area contributed by atoms with E-state index in [1.54, 1.807) is 0 Å². The van der Waals surface area contributed by atoms with Crippen molar-refractivity contribution in [1.29, 1.82) is 0 Å². The van der Waals surface area contributed by atoms with Crippen molar-refractivity contribution < 1.29 is 18.4 Å². The van der Waals surface area contributed by atoms with Crippen molar-refractivity contribution in [1.82, 2.24) is 4.72 Å². The minimum atomic E-state index is -3.75. The lowest BCUT2D eigenvalue weighted by atomic mass is 9.88. The lowest BCUT2D eigenvalue weighted by Gasteiger charge is -2.25. The van der Waals surface area contributed by atoms with Gasteiger partial charge in [-0.2, -0.15) is 0 Å². The smallest absolute Gasteiger partial charge is 0.270 e. The lowest BCUT2D eigenvalue weighted by Crippen LogP contribution is -2.32. The van der Waals surface area contributed by atoms with E-state index < -0.39 is 14.9 Å². The summed E-state index contributed by atoms with van der Waals surface area (Å²) in [5.41, 5.74) is -0.251. The van der Waals surface area contributed by atoms with Gasteiger partial charge in [0.2, 0.25) is 10.0 Å². The van der Waals surface area contributed by atoms with Crippen molar-refractivity contribution in [3.05, 3.63) is 34.4 Å². The highest BCUT2D eigenvalue weighted by atomic mass is 32.2. The highest BCUT2D eigenvalue weighted by Gasteiger charge is 2.23. The number of aliphatic hydroxyl groups excluding tert-OH is 1. The van der Waals surface area contributed by atoms with Crippen LogP contribution in [0.4, 0.5) is 5.69 Å².